The first-order valence-electron chi connectivity index (χ1n) is 30.8. The molecule has 0 saturated carbocycles. The molecule has 1 aromatic heterocycles. The van der Waals surface area contributed by atoms with Crippen molar-refractivity contribution < 1.29 is 87.2 Å². The van der Waals surface area contributed by atoms with E-state index >= 15 is 0 Å². The van der Waals surface area contributed by atoms with Gasteiger partial charge in [-0.1, -0.05) is 61.8 Å². The quantitative estimate of drug-likeness (QED) is 0.0278. The minimum Gasteiger partial charge on any atom is -0.481 e. The van der Waals surface area contributed by atoms with Crippen LogP contribution >= 0.6 is 0 Å². The van der Waals surface area contributed by atoms with E-state index in [2.05, 4.69) is 57.8 Å². The van der Waals surface area contributed by atoms with Crippen molar-refractivity contribution in [1.82, 2.24) is 62.7 Å². The molecule has 0 radical (unpaired) electrons. The van der Waals surface area contributed by atoms with E-state index in [9.17, 15) is 87.2 Å². The van der Waals surface area contributed by atoms with Crippen molar-refractivity contribution in [3.63, 3.8) is 0 Å². The average molecular weight is 1310 g/mol. The van der Waals surface area contributed by atoms with Gasteiger partial charge in [-0.25, -0.2) is 9.78 Å². The lowest BCUT2D eigenvalue weighted by atomic mass is 9.96. The predicted octanol–water partition coefficient (Wildman–Crippen LogP) is -3.88. The van der Waals surface area contributed by atoms with Crippen LogP contribution < -0.4 is 70.8 Å². The van der Waals surface area contributed by atoms with Gasteiger partial charge in [0.15, 0.2) is 0 Å². The number of hydrogen-bond acceptors (Lipinski definition) is 18. The van der Waals surface area contributed by atoms with Crippen LogP contribution in [0.1, 0.15) is 151 Å². The Hall–Kier alpha value is -8.82. The monoisotopic (exact) mass is 1300 g/mol. The molecular formula is C58H96N16O18. The number of amides is 12. The number of aromatic nitrogens is 2. The standard InChI is InChI=1S/C58H96N16O18/c1-9-31(8)47(56(89)67-36(58(91)92)13-10-11-19-59)73-53(86)38(22-29(4)5)69-50(83)39(24-43(62)76)70-49(82)34(15-17-42(61)75)65-54(87)41-14-12-20-74(41)57(90)35(16-18-44(77)78)66-51(84)40(25-45(79)80)71-55(88)46(30(6)7)72-52(85)37(21-28(2)3)68-48(81)33(60)23-32-26-63-27-64-32/h26-31,33-41,46-47H,9-25,59-60H2,1-8H3,(H2,61,75)(H2,62,76)(H,63,64)(H,65,87)(H,66,84)(H,67,89)(H,68,81)(H,69,83)(H,70,82)(H,71,88)(H,72,85)(H,73,86)(H,77,78)(H,79,80)(H,91,92)/t31-,33-,34-,35-,36-,37-,38-,39-,40-,41-,46-,47-/m0/s1. The number of rotatable bonds is 43. The second-order valence-electron chi connectivity index (χ2n) is 24.2. The zero-order chi connectivity index (χ0) is 69.7. The van der Waals surface area contributed by atoms with Crippen molar-refractivity contribution >= 4 is 88.8 Å². The van der Waals surface area contributed by atoms with Crippen molar-refractivity contribution in [3.05, 3.63) is 18.2 Å². The molecule has 2 rings (SSSR count). The van der Waals surface area contributed by atoms with Crippen LogP contribution in [0.3, 0.4) is 0 Å². The molecule has 12 atom stereocenters. The Morgan fingerprint density at radius 2 is 1.08 bits per heavy atom. The Labute approximate surface area is 533 Å². The van der Waals surface area contributed by atoms with Gasteiger partial charge in [0.05, 0.1) is 25.2 Å². The summed E-state index contributed by atoms with van der Waals surface area (Å²) in [5, 5.41) is 51.5. The van der Waals surface area contributed by atoms with Gasteiger partial charge >= 0.3 is 17.9 Å². The van der Waals surface area contributed by atoms with E-state index in [0.29, 0.717) is 31.5 Å². The Morgan fingerprint density at radius 3 is 1.58 bits per heavy atom. The van der Waals surface area contributed by atoms with Crippen LogP contribution in [0.2, 0.25) is 0 Å². The molecule has 34 nitrogen and oxygen atoms in total. The number of aromatic amines is 1. The Kier molecular flexibility index (Phi) is 34.0. The van der Waals surface area contributed by atoms with Gasteiger partial charge in [-0.3, -0.25) is 67.1 Å². The van der Waals surface area contributed by atoms with Gasteiger partial charge in [0.1, 0.15) is 60.4 Å². The Bertz CT molecular complexity index is 2730. The summed E-state index contributed by atoms with van der Waals surface area (Å²) in [7, 11) is 0. The van der Waals surface area contributed by atoms with Gasteiger partial charge < -0.3 is 96.0 Å². The summed E-state index contributed by atoms with van der Waals surface area (Å²) in [6, 6.07) is -16.7. The van der Waals surface area contributed by atoms with Crippen molar-refractivity contribution in [2.24, 2.45) is 46.6 Å². The summed E-state index contributed by atoms with van der Waals surface area (Å²) < 4.78 is 0. The molecule has 92 heavy (non-hydrogen) atoms. The van der Waals surface area contributed by atoms with Crippen LogP contribution in [0.25, 0.3) is 0 Å². The third kappa shape index (κ3) is 27.7. The van der Waals surface area contributed by atoms with E-state index in [1.807, 2.05) is 0 Å². The van der Waals surface area contributed by atoms with Crippen LogP contribution in [0, 0.1) is 23.7 Å². The number of hydrogen-bond donors (Lipinski definition) is 17. The molecule has 1 aliphatic heterocycles. The SMILES string of the molecule is CC[C@H](C)[C@H](NC(=O)[C@H](CC(C)C)NC(=O)[C@H](CC(N)=O)NC(=O)[C@H](CCC(N)=O)NC(=O)[C@@H]1CCCN1C(=O)[C@H](CCC(=O)O)NC(=O)[C@H](CC(=O)O)NC(=O)[C@@H](NC(=O)[C@H](CC(C)C)NC(=O)[C@@H](N)Cc1cnc[nH]1)C(C)C)C(=O)N[C@@H](CCCCN)C(=O)O. The van der Waals surface area contributed by atoms with E-state index in [-0.39, 0.29) is 56.9 Å². The molecule has 12 amide bonds. The number of carbonyl (C=O) groups excluding carboxylic acids is 12. The van der Waals surface area contributed by atoms with E-state index in [1.165, 1.54) is 26.4 Å². The fourth-order valence-corrected chi connectivity index (χ4v) is 9.89. The summed E-state index contributed by atoms with van der Waals surface area (Å²) >= 11 is 0. The molecule has 21 N–H and O–H groups in total. The fraction of sp³-hybridized carbons (Fsp3) is 0.690. The molecule has 0 spiro atoms. The summed E-state index contributed by atoms with van der Waals surface area (Å²) in [6.45, 7) is 13.5. The zero-order valence-corrected chi connectivity index (χ0v) is 53.5. The molecule has 34 heteroatoms. The molecule has 0 bridgehead atoms. The molecule has 516 valence electrons. The van der Waals surface area contributed by atoms with Crippen molar-refractivity contribution in [2.45, 2.75) is 218 Å². The first-order chi connectivity index (χ1) is 43.1. The minimum atomic E-state index is -1.97. The number of nitrogens with two attached hydrogens (primary N) is 4. The molecule has 0 aliphatic carbocycles. The molecule has 0 aromatic carbocycles. The Morgan fingerprint density at radius 1 is 0.576 bits per heavy atom. The second kappa shape index (κ2) is 39.4. The molecule has 1 aromatic rings. The summed E-state index contributed by atoms with van der Waals surface area (Å²) in [5.74, 6) is -18.1. The summed E-state index contributed by atoms with van der Waals surface area (Å²) in [5.41, 5.74) is 23.1. The number of carbonyl (C=O) groups is 15. The average Bonchev–Trinajstić information content (AvgIpc) is 1.77. The van der Waals surface area contributed by atoms with Crippen LogP contribution in [-0.4, -0.2) is 199 Å². The van der Waals surface area contributed by atoms with Gasteiger partial charge in [0.25, 0.3) is 0 Å². The van der Waals surface area contributed by atoms with E-state index < -0.39 is 206 Å². The first-order valence-corrected chi connectivity index (χ1v) is 30.8. The largest absolute Gasteiger partial charge is 0.481 e. The van der Waals surface area contributed by atoms with Crippen LogP contribution in [0.15, 0.2) is 12.5 Å². The topological polar surface area (TPSA) is 561 Å². The number of primary amides is 2. The maximum absolute atomic E-state index is 14.5. The van der Waals surface area contributed by atoms with Crippen molar-refractivity contribution in [3.8, 4) is 0 Å². The second-order valence-corrected chi connectivity index (χ2v) is 24.2. The lowest BCUT2D eigenvalue weighted by molar-refractivity contribution is -0.144. The van der Waals surface area contributed by atoms with Gasteiger partial charge in [-0.05, 0) is 88.0 Å². The number of likely N-dealkylation sites (tertiary alicyclic amines) is 1. The number of nitrogens with zero attached hydrogens (tertiary/aromatic N) is 2. The smallest absolute Gasteiger partial charge is 0.326 e. The minimum absolute atomic E-state index is 0.0502. The molecule has 2 heterocycles. The highest BCUT2D eigenvalue weighted by atomic mass is 16.4. The van der Waals surface area contributed by atoms with E-state index in [0.717, 1.165) is 4.90 Å². The maximum Gasteiger partial charge on any atom is 0.326 e. The highest BCUT2D eigenvalue weighted by Crippen LogP contribution is 2.22. The number of carboxylic acid groups (broad SMARTS) is 3. The van der Waals surface area contributed by atoms with Gasteiger partial charge in [-0.2, -0.15) is 0 Å². The molecule has 1 aliphatic rings. The number of carboxylic acids is 3. The highest BCUT2D eigenvalue weighted by molar-refractivity contribution is 6.00. The zero-order valence-electron chi connectivity index (χ0n) is 53.5. The first kappa shape index (κ1) is 79.3. The van der Waals surface area contributed by atoms with E-state index in [1.54, 1.807) is 41.5 Å². The molecule has 0 unspecified atom stereocenters. The third-order valence-electron chi connectivity index (χ3n) is 15.1. The summed E-state index contributed by atoms with van der Waals surface area (Å²) in [6.07, 6.45) is -0.218. The van der Waals surface area contributed by atoms with Crippen LogP contribution in [0.4, 0.5) is 0 Å². The number of imidazole rings is 1. The number of aliphatic carboxylic acids is 3. The molecule has 1 saturated heterocycles. The molecular weight excluding hydrogens is 1210 g/mol. The number of unbranched alkanes of at least 4 members (excludes halogenated alkanes) is 1. The van der Waals surface area contributed by atoms with Gasteiger partial charge in [0.2, 0.25) is 70.9 Å². The summed E-state index contributed by atoms with van der Waals surface area (Å²) in [4.78, 5) is 208. The van der Waals surface area contributed by atoms with Crippen molar-refractivity contribution in [2.75, 3.05) is 13.1 Å². The van der Waals surface area contributed by atoms with Crippen LogP contribution in [-0.2, 0) is 78.3 Å². The normalized spacial score (nSPS) is 16.5. The number of H-pyrrole nitrogens is 1. The fourth-order valence-electron chi connectivity index (χ4n) is 9.89. The predicted molar refractivity (Wildman–Crippen MR) is 327 cm³/mol. The number of nitrogens with one attached hydrogen (secondary N) is 10. The van der Waals surface area contributed by atoms with E-state index in [4.69, 9.17) is 22.9 Å². The van der Waals surface area contributed by atoms with Gasteiger partial charge in [0, 0.05) is 37.7 Å². The Balaban J connectivity index is 2.43. The third-order valence-corrected chi connectivity index (χ3v) is 15.1. The van der Waals surface area contributed by atoms with Crippen LogP contribution in [0.5, 0.6) is 0 Å². The maximum atomic E-state index is 14.5. The van der Waals surface area contributed by atoms with Crippen molar-refractivity contribution in [1.29, 1.82) is 0 Å². The highest BCUT2D eigenvalue weighted by Gasteiger charge is 2.42. The molecule has 1 fully saturated rings. The lowest BCUT2D eigenvalue weighted by Gasteiger charge is -2.31. The van der Waals surface area contributed by atoms with Gasteiger partial charge in [-0.15, -0.1) is 0 Å². The lowest BCUT2D eigenvalue weighted by Crippen LogP contribution is -2.61.